The standard InChI is InChI=1S/C13H12N2O4/c1-2-9-14-10(12(16)17)11(13(18)19)15(9)8-6-4-3-5-7-8/h3-7H,2H2,1H3,(H,16,17)(H,18,19). The van der Waals surface area contributed by atoms with E-state index in [0.29, 0.717) is 17.9 Å². The number of aromatic carboxylic acids is 2. The summed E-state index contributed by atoms with van der Waals surface area (Å²) in [6.07, 6.45) is 0.433. The number of aromatic nitrogens is 2. The third-order valence-electron chi connectivity index (χ3n) is 2.68. The van der Waals surface area contributed by atoms with Crippen molar-refractivity contribution in [3.05, 3.63) is 47.5 Å². The molecular weight excluding hydrogens is 248 g/mol. The van der Waals surface area contributed by atoms with Gasteiger partial charge in [0.15, 0.2) is 11.4 Å². The molecule has 0 fully saturated rings. The van der Waals surface area contributed by atoms with Crippen LogP contribution >= 0.6 is 0 Å². The number of aryl methyl sites for hydroxylation is 1. The van der Waals surface area contributed by atoms with Gasteiger partial charge in [-0.25, -0.2) is 14.6 Å². The summed E-state index contributed by atoms with van der Waals surface area (Å²) < 4.78 is 1.37. The fourth-order valence-corrected chi connectivity index (χ4v) is 1.91. The van der Waals surface area contributed by atoms with Crippen molar-refractivity contribution in [1.29, 1.82) is 0 Å². The van der Waals surface area contributed by atoms with Gasteiger partial charge in [0.05, 0.1) is 0 Å². The first kappa shape index (κ1) is 12.8. The fourth-order valence-electron chi connectivity index (χ4n) is 1.91. The molecule has 0 unspecified atom stereocenters. The van der Waals surface area contributed by atoms with E-state index in [1.807, 2.05) is 0 Å². The molecule has 2 aromatic rings. The van der Waals surface area contributed by atoms with Gasteiger partial charge in [0, 0.05) is 12.1 Å². The lowest BCUT2D eigenvalue weighted by Gasteiger charge is -2.08. The molecule has 1 aromatic heterocycles. The molecule has 6 nitrogen and oxygen atoms in total. The molecule has 0 bridgehead atoms. The number of rotatable bonds is 4. The largest absolute Gasteiger partial charge is 0.476 e. The first-order valence-corrected chi connectivity index (χ1v) is 5.69. The number of carboxylic acid groups (broad SMARTS) is 2. The number of imidazole rings is 1. The number of hydrogen-bond acceptors (Lipinski definition) is 3. The van der Waals surface area contributed by atoms with Crippen LogP contribution in [0.2, 0.25) is 0 Å². The van der Waals surface area contributed by atoms with Crippen LogP contribution in [0, 0.1) is 0 Å². The van der Waals surface area contributed by atoms with Crippen LogP contribution in [0.3, 0.4) is 0 Å². The Morgan fingerprint density at radius 2 is 1.79 bits per heavy atom. The maximum atomic E-state index is 11.3. The van der Waals surface area contributed by atoms with E-state index in [1.54, 1.807) is 37.3 Å². The third-order valence-corrected chi connectivity index (χ3v) is 2.68. The molecule has 2 N–H and O–H groups in total. The number of carbonyl (C=O) groups is 2. The first-order chi connectivity index (χ1) is 9.06. The van der Waals surface area contributed by atoms with Crippen molar-refractivity contribution in [3.63, 3.8) is 0 Å². The number of hydrogen-bond donors (Lipinski definition) is 2. The Hall–Kier alpha value is -2.63. The van der Waals surface area contributed by atoms with E-state index in [2.05, 4.69) is 4.98 Å². The van der Waals surface area contributed by atoms with Gasteiger partial charge in [-0.05, 0) is 12.1 Å². The Kier molecular flexibility index (Phi) is 3.33. The second-order valence-electron chi connectivity index (χ2n) is 3.86. The summed E-state index contributed by atoms with van der Waals surface area (Å²) in [7, 11) is 0. The van der Waals surface area contributed by atoms with Gasteiger partial charge in [-0.3, -0.25) is 4.57 Å². The van der Waals surface area contributed by atoms with Gasteiger partial charge in [0.25, 0.3) is 0 Å². The number of carboxylic acids is 2. The Morgan fingerprint density at radius 3 is 2.26 bits per heavy atom. The summed E-state index contributed by atoms with van der Waals surface area (Å²) in [5.74, 6) is -2.25. The zero-order valence-electron chi connectivity index (χ0n) is 10.2. The minimum atomic E-state index is -1.35. The minimum absolute atomic E-state index is 0.324. The Labute approximate surface area is 108 Å². The maximum absolute atomic E-state index is 11.3. The van der Waals surface area contributed by atoms with Crippen LogP contribution < -0.4 is 0 Å². The number of benzene rings is 1. The van der Waals surface area contributed by atoms with E-state index in [4.69, 9.17) is 5.11 Å². The van der Waals surface area contributed by atoms with Gasteiger partial charge in [-0.1, -0.05) is 25.1 Å². The average Bonchev–Trinajstić information content (AvgIpc) is 2.79. The molecule has 0 amide bonds. The molecule has 0 atom stereocenters. The molecule has 1 aromatic carbocycles. The average molecular weight is 260 g/mol. The van der Waals surface area contributed by atoms with E-state index in [0.717, 1.165) is 0 Å². The summed E-state index contributed by atoms with van der Waals surface area (Å²) in [5, 5.41) is 18.3. The zero-order valence-corrected chi connectivity index (χ0v) is 10.2. The van der Waals surface area contributed by atoms with Gasteiger partial charge >= 0.3 is 11.9 Å². The summed E-state index contributed by atoms with van der Waals surface area (Å²) >= 11 is 0. The molecule has 0 aliphatic heterocycles. The minimum Gasteiger partial charge on any atom is -0.476 e. The van der Waals surface area contributed by atoms with Gasteiger partial charge < -0.3 is 10.2 Å². The summed E-state index contributed by atoms with van der Waals surface area (Å²) in [4.78, 5) is 26.3. The predicted octanol–water partition coefficient (Wildman–Crippen LogP) is 1.83. The van der Waals surface area contributed by atoms with Crippen molar-refractivity contribution in [3.8, 4) is 5.69 Å². The van der Waals surface area contributed by atoms with Crippen molar-refractivity contribution >= 4 is 11.9 Å². The van der Waals surface area contributed by atoms with Crippen molar-refractivity contribution < 1.29 is 19.8 Å². The molecule has 6 heteroatoms. The lowest BCUT2D eigenvalue weighted by atomic mass is 10.2. The van der Waals surface area contributed by atoms with E-state index < -0.39 is 17.6 Å². The molecule has 19 heavy (non-hydrogen) atoms. The quantitative estimate of drug-likeness (QED) is 0.874. The van der Waals surface area contributed by atoms with Crippen LogP contribution in [0.25, 0.3) is 5.69 Å². The highest BCUT2D eigenvalue weighted by Gasteiger charge is 2.26. The molecular formula is C13H12N2O4. The summed E-state index contributed by atoms with van der Waals surface area (Å²) in [6.45, 7) is 1.79. The van der Waals surface area contributed by atoms with Crippen molar-refractivity contribution in [2.24, 2.45) is 0 Å². The van der Waals surface area contributed by atoms with Gasteiger partial charge in [0.2, 0.25) is 0 Å². The molecule has 0 spiro atoms. The highest BCUT2D eigenvalue weighted by atomic mass is 16.4. The van der Waals surface area contributed by atoms with Crippen molar-refractivity contribution in [2.75, 3.05) is 0 Å². The topological polar surface area (TPSA) is 92.4 Å². The maximum Gasteiger partial charge on any atom is 0.357 e. The Balaban J connectivity index is 2.77. The normalized spacial score (nSPS) is 10.4. The van der Waals surface area contributed by atoms with Gasteiger partial charge in [-0.15, -0.1) is 0 Å². The Morgan fingerprint density at radius 1 is 1.16 bits per heavy atom. The molecule has 2 rings (SSSR count). The smallest absolute Gasteiger partial charge is 0.357 e. The number of nitrogens with zero attached hydrogens (tertiary/aromatic N) is 2. The predicted molar refractivity (Wildman–Crippen MR) is 66.9 cm³/mol. The lowest BCUT2D eigenvalue weighted by Crippen LogP contribution is -2.12. The van der Waals surface area contributed by atoms with Crippen molar-refractivity contribution in [2.45, 2.75) is 13.3 Å². The second kappa shape index (κ2) is 4.93. The third kappa shape index (κ3) is 2.20. The van der Waals surface area contributed by atoms with E-state index in [9.17, 15) is 14.7 Å². The highest BCUT2D eigenvalue weighted by Crippen LogP contribution is 2.19. The van der Waals surface area contributed by atoms with Gasteiger partial charge in [-0.2, -0.15) is 0 Å². The molecule has 0 aliphatic carbocycles. The SMILES string of the molecule is CCc1nc(C(=O)O)c(C(=O)O)n1-c1ccccc1. The van der Waals surface area contributed by atoms with Gasteiger partial charge in [0.1, 0.15) is 5.82 Å². The molecule has 0 aliphatic rings. The van der Waals surface area contributed by atoms with E-state index in [1.165, 1.54) is 4.57 Å². The fraction of sp³-hybridized carbons (Fsp3) is 0.154. The van der Waals surface area contributed by atoms with Crippen LogP contribution in [0.4, 0.5) is 0 Å². The zero-order chi connectivity index (χ0) is 14.0. The van der Waals surface area contributed by atoms with E-state index in [-0.39, 0.29) is 5.69 Å². The van der Waals surface area contributed by atoms with Crippen LogP contribution in [0.1, 0.15) is 33.7 Å². The molecule has 98 valence electrons. The van der Waals surface area contributed by atoms with Crippen LogP contribution in [0.15, 0.2) is 30.3 Å². The summed E-state index contributed by atoms with van der Waals surface area (Å²) in [5.41, 5.74) is -0.180. The second-order valence-corrected chi connectivity index (χ2v) is 3.86. The molecule has 0 saturated carbocycles. The lowest BCUT2D eigenvalue weighted by molar-refractivity contribution is 0.0642. The van der Waals surface area contributed by atoms with Crippen LogP contribution in [0.5, 0.6) is 0 Å². The summed E-state index contributed by atoms with van der Waals surface area (Å²) in [6, 6.07) is 8.71. The number of para-hydroxylation sites is 1. The van der Waals surface area contributed by atoms with Crippen molar-refractivity contribution in [1.82, 2.24) is 9.55 Å². The highest BCUT2D eigenvalue weighted by molar-refractivity contribution is 5.99. The molecule has 0 saturated heterocycles. The van der Waals surface area contributed by atoms with Crippen LogP contribution in [-0.2, 0) is 6.42 Å². The van der Waals surface area contributed by atoms with Crippen LogP contribution in [-0.4, -0.2) is 31.7 Å². The Bertz CT molecular complexity index is 632. The van der Waals surface area contributed by atoms with E-state index >= 15 is 0 Å². The first-order valence-electron chi connectivity index (χ1n) is 5.69. The molecule has 1 heterocycles. The molecule has 0 radical (unpaired) electrons. The monoisotopic (exact) mass is 260 g/mol.